The minimum atomic E-state index is -0.412. The molecule has 30 heavy (non-hydrogen) atoms. The van der Waals surface area contributed by atoms with Gasteiger partial charge in [-0.25, -0.2) is 4.79 Å². The third-order valence-electron chi connectivity index (χ3n) is 6.56. The molecule has 0 aromatic carbocycles. The van der Waals surface area contributed by atoms with Crippen molar-refractivity contribution in [3.8, 4) is 0 Å². The summed E-state index contributed by atoms with van der Waals surface area (Å²) in [4.78, 5) is 18.8. The Morgan fingerprint density at radius 2 is 1.90 bits per heavy atom. The summed E-state index contributed by atoms with van der Waals surface area (Å²) in [6.45, 7) is 13.6. The maximum absolute atomic E-state index is 12.3. The van der Waals surface area contributed by atoms with Crippen LogP contribution in [0, 0.1) is 0 Å². The lowest BCUT2D eigenvalue weighted by molar-refractivity contribution is 0.00578. The maximum atomic E-state index is 12.3. The van der Waals surface area contributed by atoms with Gasteiger partial charge in [0.2, 0.25) is 0 Å². The SMILES string of the molecule is CC(C)NC(=O)N1CC=C(C2=CCc3ncc(B4OC(C)(C)C(C)(C)O4)cc32)CC1. The number of allylic oxidation sites excluding steroid dienone is 2. The van der Waals surface area contributed by atoms with Gasteiger partial charge in [-0.2, -0.15) is 0 Å². The van der Waals surface area contributed by atoms with Crippen molar-refractivity contribution in [2.45, 2.75) is 71.6 Å². The average molecular weight is 409 g/mol. The second-order valence-electron chi connectivity index (χ2n) is 9.70. The van der Waals surface area contributed by atoms with Crippen molar-refractivity contribution in [1.29, 1.82) is 0 Å². The van der Waals surface area contributed by atoms with E-state index in [0.29, 0.717) is 6.54 Å². The van der Waals surface area contributed by atoms with E-state index in [-0.39, 0.29) is 23.3 Å². The van der Waals surface area contributed by atoms with Gasteiger partial charge in [-0.1, -0.05) is 18.2 Å². The fraction of sp³-hybridized carbons (Fsp3) is 0.565. The second-order valence-corrected chi connectivity index (χ2v) is 9.70. The van der Waals surface area contributed by atoms with Gasteiger partial charge < -0.3 is 19.5 Å². The molecular weight excluding hydrogens is 377 g/mol. The summed E-state index contributed by atoms with van der Waals surface area (Å²) in [5.74, 6) is 0. The number of hydrogen-bond donors (Lipinski definition) is 1. The normalized spacial score (nSPS) is 22.1. The van der Waals surface area contributed by atoms with E-state index >= 15 is 0 Å². The molecule has 0 saturated carbocycles. The number of rotatable bonds is 3. The third-order valence-corrected chi connectivity index (χ3v) is 6.56. The zero-order valence-electron chi connectivity index (χ0n) is 18.9. The van der Waals surface area contributed by atoms with Gasteiger partial charge in [0.25, 0.3) is 0 Å². The van der Waals surface area contributed by atoms with E-state index in [9.17, 15) is 4.79 Å². The van der Waals surface area contributed by atoms with Gasteiger partial charge >= 0.3 is 13.1 Å². The van der Waals surface area contributed by atoms with Gasteiger partial charge in [0.15, 0.2) is 0 Å². The van der Waals surface area contributed by atoms with E-state index in [1.165, 1.54) is 11.1 Å². The molecule has 1 aromatic rings. The van der Waals surface area contributed by atoms with Crippen LogP contribution >= 0.6 is 0 Å². The highest BCUT2D eigenvalue weighted by Gasteiger charge is 2.52. The van der Waals surface area contributed by atoms with Crippen LogP contribution in [0.15, 0.2) is 30.0 Å². The first-order chi connectivity index (χ1) is 14.1. The monoisotopic (exact) mass is 409 g/mol. The lowest BCUT2D eigenvalue weighted by atomic mass is 9.78. The number of hydrogen-bond acceptors (Lipinski definition) is 4. The molecule has 0 unspecified atom stereocenters. The Labute approximate surface area is 179 Å². The topological polar surface area (TPSA) is 63.7 Å². The van der Waals surface area contributed by atoms with Gasteiger partial charge in [0.05, 0.1) is 16.9 Å². The van der Waals surface area contributed by atoms with Crippen LogP contribution in [0.4, 0.5) is 4.79 Å². The summed E-state index contributed by atoms with van der Waals surface area (Å²) in [6.07, 6.45) is 7.98. The van der Waals surface area contributed by atoms with E-state index < -0.39 is 7.12 Å². The number of carbonyl (C=O) groups is 1. The standard InChI is InChI=1S/C23H32BN3O3/c1-15(2)26-21(28)27-11-9-16(10-12-27)18-7-8-20-19(18)13-17(14-25-20)24-29-22(3,4)23(5,6)30-24/h7,9,13-15H,8,10-12H2,1-6H3,(H,26,28). The molecule has 1 fully saturated rings. The molecular formula is C23H32BN3O3. The number of urea groups is 1. The quantitative estimate of drug-likeness (QED) is 0.780. The number of aromatic nitrogens is 1. The predicted molar refractivity (Wildman–Crippen MR) is 120 cm³/mol. The van der Waals surface area contributed by atoms with Gasteiger partial charge in [0, 0.05) is 42.8 Å². The molecule has 1 saturated heterocycles. The molecule has 0 radical (unpaired) electrons. The molecule has 0 spiro atoms. The Hall–Kier alpha value is -2.12. The van der Waals surface area contributed by atoms with Gasteiger partial charge in [-0.05, 0) is 59.1 Å². The smallest absolute Gasteiger partial charge is 0.399 e. The number of amides is 2. The maximum Gasteiger partial charge on any atom is 0.496 e. The summed E-state index contributed by atoms with van der Waals surface area (Å²) in [6, 6.07) is 2.32. The second kappa shape index (κ2) is 7.54. The van der Waals surface area contributed by atoms with Crippen LogP contribution in [0.3, 0.4) is 0 Å². The van der Waals surface area contributed by atoms with Gasteiger partial charge in [-0.15, -0.1) is 0 Å². The third kappa shape index (κ3) is 3.81. The lowest BCUT2D eigenvalue weighted by Gasteiger charge is -2.32. The van der Waals surface area contributed by atoms with Crippen LogP contribution in [-0.4, -0.2) is 53.4 Å². The minimum absolute atomic E-state index is 0.00538. The fourth-order valence-electron chi connectivity index (χ4n) is 4.06. The Morgan fingerprint density at radius 3 is 2.50 bits per heavy atom. The van der Waals surface area contributed by atoms with E-state index in [1.807, 2.05) is 24.9 Å². The highest BCUT2D eigenvalue weighted by atomic mass is 16.7. The Morgan fingerprint density at radius 1 is 1.20 bits per heavy atom. The first-order valence-electron chi connectivity index (χ1n) is 10.9. The fourth-order valence-corrected chi connectivity index (χ4v) is 4.06. The van der Waals surface area contributed by atoms with E-state index in [0.717, 1.165) is 36.1 Å². The zero-order chi connectivity index (χ0) is 21.7. The van der Waals surface area contributed by atoms with E-state index in [1.54, 1.807) is 0 Å². The molecule has 1 aliphatic carbocycles. The van der Waals surface area contributed by atoms with E-state index in [4.69, 9.17) is 14.3 Å². The number of fused-ring (bicyclic) bond motifs is 1. The van der Waals surface area contributed by atoms with Gasteiger partial charge in [0.1, 0.15) is 0 Å². The summed E-state index contributed by atoms with van der Waals surface area (Å²) >= 11 is 0. The van der Waals surface area contributed by atoms with Crippen molar-refractivity contribution < 1.29 is 14.1 Å². The Kier molecular flexibility index (Phi) is 5.31. The Balaban J connectivity index is 1.52. The van der Waals surface area contributed by atoms with Crippen molar-refractivity contribution in [3.05, 3.63) is 41.2 Å². The average Bonchev–Trinajstić information content (AvgIpc) is 3.18. The molecule has 7 heteroatoms. The largest absolute Gasteiger partial charge is 0.496 e. The number of carbonyl (C=O) groups excluding carboxylic acids is 1. The van der Waals surface area contributed by atoms with Crippen molar-refractivity contribution in [2.24, 2.45) is 0 Å². The van der Waals surface area contributed by atoms with Crippen LogP contribution in [0.25, 0.3) is 5.57 Å². The molecule has 2 amide bonds. The molecule has 6 nitrogen and oxygen atoms in total. The van der Waals surface area contributed by atoms with Crippen LogP contribution in [0.5, 0.6) is 0 Å². The van der Waals surface area contributed by atoms with Crippen LogP contribution in [-0.2, 0) is 15.7 Å². The molecule has 160 valence electrons. The van der Waals surface area contributed by atoms with Crippen LogP contribution < -0.4 is 10.8 Å². The van der Waals surface area contributed by atoms with Crippen molar-refractivity contribution in [2.75, 3.05) is 13.1 Å². The van der Waals surface area contributed by atoms with Gasteiger partial charge in [-0.3, -0.25) is 4.98 Å². The van der Waals surface area contributed by atoms with Crippen LogP contribution in [0.2, 0.25) is 0 Å². The predicted octanol–water partition coefficient (Wildman–Crippen LogP) is 3.07. The number of nitrogens with zero attached hydrogens (tertiary/aromatic N) is 2. The summed E-state index contributed by atoms with van der Waals surface area (Å²) in [5.41, 5.74) is 4.98. The minimum Gasteiger partial charge on any atom is -0.399 e. The molecule has 3 aliphatic rings. The van der Waals surface area contributed by atoms with Crippen LogP contribution in [0.1, 0.15) is 59.2 Å². The molecule has 0 bridgehead atoms. The highest BCUT2D eigenvalue weighted by molar-refractivity contribution is 6.62. The first-order valence-corrected chi connectivity index (χ1v) is 10.9. The summed E-state index contributed by atoms with van der Waals surface area (Å²) in [7, 11) is -0.412. The highest BCUT2D eigenvalue weighted by Crippen LogP contribution is 2.38. The number of pyridine rings is 1. The van der Waals surface area contributed by atoms with Crippen molar-refractivity contribution >= 4 is 24.2 Å². The van der Waals surface area contributed by atoms with E-state index in [2.05, 4.69) is 51.2 Å². The molecule has 1 N–H and O–H groups in total. The molecule has 3 heterocycles. The molecule has 0 atom stereocenters. The van der Waals surface area contributed by atoms with Crippen molar-refractivity contribution in [3.63, 3.8) is 0 Å². The molecule has 4 rings (SSSR count). The first kappa shape index (κ1) is 21.1. The van der Waals surface area contributed by atoms with Crippen molar-refractivity contribution in [1.82, 2.24) is 15.2 Å². The lowest BCUT2D eigenvalue weighted by Crippen LogP contribution is -2.44. The molecule has 1 aromatic heterocycles. The summed E-state index contributed by atoms with van der Waals surface area (Å²) in [5, 5.41) is 2.97. The number of nitrogens with one attached hydrogen (secondary N) is 1. The zero-order valence-corrected chi connectivity index (χ0v) is 18.9. The Bertz CT molecular complexity index is 904. The summed E-state index contributed by atoms with van der Waals surface area (Å²) < 4.78 is 12.4. The molecule has 2 aliphatic heterocycles.